The molecule has 0 aliphatic heterocycles. The Morgan fingerprint density at radius 2 is 1.58 bits per heavy atom. The molecule has 2 nitrogen and oxygen atoms in total. The first-order valence-corrected chi connectivity index (χ1v) is 9.06. The maximum atomic E-state index is 12.1. The molecule has 2 aromatic carbocycles. The maximum Gasteiger partial charge on any atom is 0.230 e. The first-order chi connectivity index (χ1) is 9.08. The van der Waals surface area contributed by atoms with E-state index in [4.69, 9.17) is 0 Å². The lowest BCUT2D eigenvalue weighted by molar-refractivity contribution is 0.610. The Hall–Kier alpha value is -1.26. The van der Waals surface area contributed by atoms with Crippen LogP contribution in [0.3, 0.4) is 0 Å². The maximum absolute atomic E-state index is 12.1. The Morgan fingerprint density at radius 1 is 0.947 bits per heavy atom. The van der Waals surface area contributed by atoms with Crippen molar-refractivity contribution in [1.29, 1.82) is 0 Å². The average molecular weight is 292 g/mol. The van der Waals surface area contributed by atoms with Crippen LogP contribution in [0.5, 0.6) is 0 Å². The van der Waals surface area contributed by atoms with E-state index in [0.717, 1.165) is 28.3 Å². The van der Waals surface area contributed by atoms with Crippen LogP contribution in [0.2, 0.25) is 0 Å². The smallest absolute Gasteiger partial charge is 0.212 e. The summed E-state index contributed by atoms with van der Waals surface area (Å²) in [5, 5.41) is 0. The molecule has 0 spiro atoms. The molecule has 0 aliphatic carbocycles. The van der Waals surface area contributed by atoms with Gasteiger partial charge >= 0.3 is 0 Å². The lowest BCUT2D eigenvalue weighted by Gasteiger charge is -2.04. The van der Waals surface area contributed by atoms with Gasteiger partial charge in [0, 0.05) is 5.75 Å². The molecule has 19 heavy (non-hydrogen) atoms. The van der Waals surface area contributed by atoms with Crippen LogP contribution in [0, 0.1) is 6.92 Å². The first-order valence-electron chi connectivity index (χ1n) is 6.08. The van der Waals surface area contributed by atoms with Crippen molar-refractivity contribution in [3.05, 3.63) is 65.7 Å². The second kappa shape index (κ2) is 6.26. The normalized spacial score (nSPS) is 11.4. The Balaban J connectivity index is 1.97. The van der Waals surface area contributed by atoms with Gasteiger partial charge in [-0.1, -0.05) is 48.0 Å². The highest BCUT2D eigenvalue weighted by atomic mass is 33.1. The second-order valence-electron chi connectivity index (χ2n) is 4.32. The summed E-state index contributed by atoms with van der Waals surface area (Å²) in [5.74, 6) is 0.570. The van der Waals surface area contributed by atoms with Crippen LogP contribution >= 0.6 is 10.8 Å². The van der Waals surface area contributed by atoms with Crippen molar-refractivity contribution in [2.75, 3.05) is 5.75 Å². The minimum atomic E-state index is -3.23. The Kier molecular flexibility index (Phi) is 4.66. The fraction of sp³-hybridized carbons (Fsp3) is 0.200. The molecule has 0 atom stereocenters. The SMILES string of the molecule is Cc1ccc(S(=O)(=O)SCCc2ccccc2)cc1. The lowest BCUT2D eigenvalue weighted by Crippen LogP contribution is -1.98. The van der Waals surface area contributed by atoms with Crippen LogP contribution in [0.15, 0.2) is 59.5 Å². The van der Waals surface area contributed by atoms with E-state index in [-0.39, 0.29) is 0 Å². The summed E-state index contributed by atoms with van der Waals surface area (Å²) >= 11 is 0. The van der Waals surface area contributed by atoms with E-state index < -0.39 is 8.87 Å². The highest BCUT2D eigenvalue weighted by molar-refractivity contribution is 8.72. The number of aryl methyl sites for hydroxylation is 2. The summed E-state index contributed by atoms with van der Waals surface area (Å²) in [6, 6.07) is 16.9. The first kappa shape index (κ1) is 14.2. The Bertz CT molecular complexity index is 617. The zero-order valence-electron chi connectivity index (χ0n) is 10.7. The van der Waals surface area contributed by atoms with E-state index in [1.807, 2.05) is 49.4 Å². The van der Waals surface area contributed by atoms with Crippen LogP contribution in [0.25, 0.3) is 0 Å². The van der Waals surface area contributed by atoms with Gasteiger partial charge in [-0.3, -0.25) is 0 Å². The molecule has 0 unspecified atom stereocenters. The Labute approximate surface area is 118 Å². The van der Waals surface area contributed by atoms with Crippen molar-refractivity contribution in [3.8, 4) is 0 Å². The summed E-state index contributed by atoms with van der Waals surface area (Å²) < 4.78 is 24.2. The molecule has 2 aromatic rings. The average Bonchev–Trinajstić information content (AvgIpc) is 2.40. The number of hydrogen-bond donors (Lipinski definition) is 0. The highest BCUT2D eigenvalue weighted by Gasteiger charge is 2.14. The number of benzene rings is 2. The molecule has 0 saturated carbocycles. The lowest BCUT2D eigenvalue weighted by atomic mass is 10.2. The van der Waals surface area contributed by atoms with Crippen molar-refractivity contribution in [3.63, 3.8) is 0 Å². The standard InChI is InChI=1S/C15H16O2S2/c1-13-7-9-15(10-8-13)19(16,17)18-12-11-14-5-3-2-4-6-14/h2-10H,11-12H2,1H3. The largest absolute Gasteiger partial charge is 0.230 e. The second-order valence-corrected chi connectivity index (χ2v) is 8.37. The van der Waals surface area contributed by atoms with Gasteiger partial charge in [0.1, 0.15) is 0 Å². The van der Waals surface area contributed by atoms with Gasteiger partial charge in [0.15, 0.2) is 0 Å². The van der Waals surface area contributed by atoms with Gasteiger partial charge in [-0.25, -0.2) is 8.42 Å². The molecule has 0 N–H and O–H groups in total. The molecule has 0 aromatic heterocycles. The molecule has 0 aliphatic rings. The van der Waals surface area contributed by atoms with Gasteiger partial charge < -0.3 is 0 Å². The molecule has 0 fully saturated rings. The Morgan fingerprint density at radius 3 is 2.21 bits per heavy atom. The molecule has 0 bridgehead atoms. The fourth-order valence-electron chi connectivity index (χ4n) is 1.69. The number of hydrogen-bond acceptors (Lipinski definition) is 3. The molecular weight excluding hydrogens is 276 g/mol. The van der Waals surface area contributed by atoms with Gasteiger partial charge in [-0.15, -0.1) is 0 Å². The quantitative estimate of drug-likeness (QED) is 0.789. The van der Waals surface area contributed by atoms with Crippen molar-refractivity contribution in [1.82, 2.24) is 0 Å². The zero-order valence-corrected chi connectivity index (χ0v) is 12.4. The van der Waals surface area contributed by atoms with Gasteiger partial charge in [0.05, 0.1) is 4.90 Å². The van der Waals surface area contributed by atoms with Gasteiger partial charge in [0.25, 0.3) is 0 Å². The molecule has 0 saturated heterocycles. The number of rotatable bonds is 5. The molecule has 100 valence electrons. The van der Waals surface area contributed by atoms with Gasteiger partial charge in [0.2, 0.25) is 8.87 Å². The molecule has 0 radical (unpaired) electrons. The predicted octanol–water partition coefficient (Wildman–Crippen LogP) is 3.66. The third-order valence-electron chi connectivity index (χ3n) is 2.78. The van der Waals surface area contributed by atoms with Crippen LogP contribution < -0.4 is 0 Å². The van der Waals surface area contributed by atoms with E-state index in [2.05, 4.69) is 0 Å². The molecular formula is C15H16O2S2. The summed E-state index contributed by atoms with van der Waals surface area (Å²) in [6.07, 6.45) is 0.761. The van der Waals surface area contributed by atoms with Gasteiger partial charge in [-0.2, -0.15) is 0 Å². The predicted molar refractivity (Wildman–Crippen MR) is 81.0 cm³/mol. The van der Waals surface area contributed by atoms with E-state index in [1.54, 1.807) is 12.1 Å². The van der Waals surface area contributed by atoms with Crippen LogP contribution in [-0.2, 0) is 15.3 Å². The van der Waals surface area contributed by atoms with E-state index in [9.17, 15) is 8.42 Å². The fourth-order valence-corrected chi connectivity index (χ4v) is 4.48. The summed E-state index contributed by atoms with van der Waals surface area (Å²) in [7, 11) is -2.23. The van der Waals surface area contributed by atoms with Crippen LogP contribution in [-0.4, -0.2) is 14.2 Å². The van der Waals surface area contributed by atoms with Crippen molar-refractivity contribution in [2.45, 2.75) is 18.2 Å². The topological polar surface area (TPSA) is 34.1 Å². The molecule has 0 heterocycles. The van der Waals surface area contributed by atoms with Gasteiger partial charge in [-0.05, 0) is 41.8 Å². The third kappa shape index (κ3) is 4.11. The summed E-state index contributed by atoms with van der Waals surface area (Å²) in [6.45, 7) is 1.94. The minimum absolute atomic E-state index is 0.385. The molecule has 4 heteroatoms. The summed E-state index contributed by atoms with van der Waals surface area (Å²) in [4.78, 5) is 0.385. The van der Waals surface area contributed by atoms with E-state index in [1.165, 1.54) is 0 Å². The minimum Gasteiger partial charge on any atom is -0.212 e. The highest BCUT2D eigenvalue weighted by Crippen LogP contribution is 2.24. The van der Waals surface area contributed by atoms with E-state index in [0.29, 0.717) is 10.6 Å². The third-order valence-corrected chi connectivity index (χ3v) is 6.32. The van der Waals surface area contributed by atoms with Crippen LogP contribution in [0.4, 0.5) is 0 Å². The summed E-state index contributed by atoms with van der Waals surface area (Å²) in [5.41, 5.74) is 2.22. The van der Waals surface area contributed by atoms with Crippen LogP contribution in [0.1, 0.15) is 11.1 Å². The van der Waals surface area contributed by atoms with Crippen molar-refractivity contribution >= 4 is 19.7 Å². The molecule has 0 amide bonds. The zero-order chi connectivity index (χ0) is 13.7. The van der Waals surface area contributed by atoms with Crippen molar-refractivity contribution < 1.29 is 8.42 Å². The monoisotopic (exact) mass is 292 g/mol. The van der Waals surface area contributed by atoms with Crippen molar-refractivity contribution in [2.24, 2.45) is 0 Å². The van der Waals surface area contributed by atoms with E-state index >= 15 is 0 Å². The molecule has 2 rings (SSSR count).